The molecule has 1 atom stereocenters. The van der Waals surface area contributed by atoms with Gasteiger partial charge in [-0.25, -0.2) is 0 Å². The third kappa shape index (κ3) is 4.25. The smallest absolute Gasteiger partial charge is 0.231 e. The molecule has 1 saturated carbocycles. The second-order valence-electron chi connectivity index (χ2n) is 4.27. The summed E-state index contributed by atoms with van der Waals surface area (Å²) in [5.41, 5.74) is 9.39. The molecule has 1 unspecified atom stereocenters. The van der Waals surface area contributed by atoms with Crippen LogP contribution in [-0.2, 0) is 4.79 Å². The fourth-order valence-electron chi connectivity index (χ4n) is 1.49. The minimum Gasteiger partial charge on any atom is -0.370 e. The van der Waals surface area contributed by atoms with Crippen molar-refractivity contribution < 1.29 is 4.79 Å². The molecular formula is C10H16N6OS. The fourth-order valence-corrected chi connectivity index (χ4v) is 2.00. The summed E-state index contributed by atoms with van der Waals surface area (Å²) in [6.07, 6.45) is 1.92. The quantitative estimate of drug-likeness (QED) is 0.410. The highest BCUT2D eigenvalue weighted by atomic mass is 32.2. The van der Waals surface area contributed by atoms with Gasteiger partial charge in [0.1, 0.15) is 5.54 Å². The lowest BCUT2D eigenvalue weighted by molar-refractivity contribution is -0.119. The molecule has 0 aromatic carbocycles. The molecule has 0 heterocycles. The van der Waals surface area contributed by atoms with Gasteiger partial charge in [-0.3, -0.25) is 10.2 Å². The first-order valence-corrected chi connectivity index (χ1v) is 6.39. The summed E-state index contributed by atoms with van der Waals surface area (Å²) in [5.74, 6) is -0.271. The van der Waals surface area contributed by atoms with Crippen LogP contribution in [-0.4, -0.2) is 28.3 Å². The Morgan fingerprint density at radius 3 is 2.72 bits per heavy atom. The SMILES string of the molecule is CC(C#N)(NC(=O)CSC(=N)N=C(N)N)C1CC1. The van der Waals surface area contributed by atoms with E-state index in [1.54, 1.807) is 6.92 Å². The molecule has 8 heteroatoms. The zero-order valence-electron chi connectivity index (χ0n) is 10.1. The molecule has 0 bridgehead atoms. The molecule has 1 aliphatic carbocycles. The monoisotopic (exact) mass is 268 g/mol. The van der Waals surface area contributed by atoms with Gasteiger partial charge < -0.3 is 16.8 Å². The van der Waals surface area contributed by atoms with Crippen molar-refractivity contribution in [1.82, 2.24) is 5.32 Å². The van der Waals surface area contributed by atoms with Crippen molar-refractivity contribution in [2.24, 2.45) is 22.4 Å². The number of hydrogen-bond donors (Lipinski definition) is 4. The first-order chi connectivity index (χ1) is 8.37. The van der Waals surface area contributed by atoms with E-state index < -0.39 is 5.54 Å². The molecule has 0 aromatic rings. The van der Waals surface area contributed by atoms with E-state index in [0.29, 0.717) is 0 Å². The van der Waals surface area contributed by atoms with E-state index in [1.807, 2.05) is 0 Å². The van der Waals surface area contributed by atoms with Crippen LogP contribution in [0.25, 0.3) is 0 Å². The summed E-state index contributed by atoms with van der Waals surface area (Å²) in [6, 6.07) is 2.13. The van der Waals surface area contributed by atoms with Crippen LogP contribution in [0, 0.1) is 22.7 Å². The summed E-state index contributed by atoms with van der Waals surface area (Å²) in [6.45, 7) is 1.72. The number of guanidine groups is 1. The van der Waals surface area contributed by atoms with Gasteiger partial charge in [-0.2, -0.15) is 10.3 Å². The zero-order valence-corrected chi connectivity index (χ0v) is 10.9. The number of aliphatic imine (C=N–C) groups is 1. The molecule has 1 fully saturated rings. The van der Waals surface area contributed by atoms with Gasteiger partial charge in [-0.05, 0) is 25.7 Å². The minimum atomic E-state index is -0.810. The third-order valence-corrected chi connectivity index (χ3v) is 3.37. The Kier molecular flexibility index (Phi) is 4.55. The fraction of sp³-hybridized carbons (Fsp3) is 0.600. The van der Waals surface area contributed by atoms with E-state index in [-0.39, 0.29) is 28.7 Å². The standard InChI is InChI=1S/C10H16N6OS/c1-10(5-11,6-2-3-6)16-7(17)4-18-9(14)15-8(12)13/h6H,2-4H2,1H3,(H,16,17)(H5,12,13,14,15). The van der Waals surface area contributed by atoms with Crippen LogP contribution in [0.2, 0.25) is 0 Å². The predicted octanol–water partition coefficient (Wildman–Crippen LogP) is -0.264. The van der Waals surface area contributed by atoms with Crippen LogP contribution < -0.4 is 16.8 Å². The minimum absolute atomic E-state index is 0.0135. The van der Waals surface area contributed by atoms with Gasteiger partial charge in [0.05, 0.1) is 11.8 Å². The van der Waals surface area contributed by atoms with Gasteiger partial charge in [0.2, 0.25) is 5.91 Å². The highest BCUT2D eigenvalue weighted by Gasteiger charge is 2.42. The predicted molar refractivity (Wildman–Crippen MR) is 70.9 cm³/mol. The maximum Gasteiger partial charge on any atom is 0.231 e. The van der Waals surface area contributed by atoms with Crippen LogP contribution >= 0.6 is 11.8 Å². The zero-order chi connectivity index (χ0) is 13.8. The number of carbonyl (C=O) groups excluding carboxylic acids is 1. The van der Waals surface area contributed by atoms with E-state index >= 15 is 0 Å². The van der Waals surface area contributed by atoms with Crippen LogP contribution in [0.4, 0.5) is 0 Å². The number of thioether (sulfide) groups is 1. The molecule has 1 amide bonds. The summed E-state index contributed by atoms with van der Waals surface area (Å²) < 4.78 is 0. The van der Waals surface area contributed by atoms with Gasteiger partial charge in [0, 0.05) is 0 Å². The van der Waals surface area contributed by atoms with Gasteiger partial charge in [-0.1, -0.05) is 11.8 Å². The molecule has 0 spiro atoms. The molecule has 0 radical (unpaired) electrons. The van der Waals surface area contributed by atoms with Crippen molar-refractivity contribution in [3.05, 3.63) is 0 Å². The molecular weight excluding hydrogens is 252 g/mol. The van der Waals surface area contributed by atoms with E-state index in [0.717, 1.165) is 24.6 Å². The second-order valence-corrected chi connectivity index (χ2v) is 5.23. The van der Waals surface area contributed by atoms with Gasteiger partial charge >= 0.3 is 0 Å². The molecule has 1 aliphatic rings. The average Bonchev–Trinajstić information content (AvgIpc) is 3.09. The number of nitriles is 1. The van der Waals surface area contributed by atoms with Gasteiger partial charge in [0.15, 0.2) is 11.1 Å². The Hall–Kier alpha value is -1.75. The highest BCUT2D eigenvalue weighted by molar-refractivity contribution is 8.14. The second kappa shape index (κ2) is 5.73. The summed E-state index contributed by atoms with van der Waals surface area (Å²) in [7, 11) is 0. The molecule has 0 aliphatic heterocycles. The number of nitrogens with two attached hydrogens (primary N) is 2. The Bertz CT molecular complexity index is 421. The average molecular weight is 268 g/mol. The normalized spacial score (nSPS) is 17.1. The van der Waals surface area contributed by atoms with E-state index in [4.69, 9.17) is 22.1 Å². The third-order valence-electron chi connectivity index (χ3n) is 2.60. The molecule has 98 valence electrons. The van der Waals surface area contributed by atoms with Crippen molar-refractivity contribution in [2.45, 2.75) is 25.3 Å². The number of hydrogen-bond acceptors (Lipinski definition) is 4. The Morgan fingerprint density at radius 2 is 2.28 bits per heavy atom. The Labute approximate surface area is 110 Å². The van der Waals surface area contributed by atoms with E-state index in [9.17, 15) is 4.79 Å². The number of nitrogens with one attached hydrogen (secondary N) is 2. The van der Waals surface area contributed by atoms with Crippen molar-refractivity contribution >= 4 is 28.8 Å². The molecule has 0 saturated heterocycles. The molecule has 6 N–H and O–H groups in total. The molecule has 0 aromatic heterocycles. The Morgan fingerprint density at radius 1 is 1.67 bits per heavy atom. The molecule has 1 rings (SSSR count). The van der Waals surface area contributed by atoms with Crippen LogP contribution in [0.1, 0.15) is 19.8 Å². The summed E-state index contributed by atoms with van der Waals surface area (Å²) >= 11 is 0.911. The molecule has 18 heavy (non-hydrogen) atoms. The van der Waals surface area contributed by atoms with E-state index in [2.05, 4.69) is 16.4 Å². The number of carbonyl (C=O) groups is 1. The van der Waals surface area contributed by atoms with Crippen LogP contribution in [0.15, 0.2) is 4.99 Å². The topological polar surface area (TPSA) is 141 Å². The molecule has 7 nitrogen and oxygen atoms in total. The van der Waals surface area contributed by atoms with Crippen molar-refractivity contribution in [1.29, 1.82) is 10.7 Å². The number of rotatable bonds is 4. The largest absolute Gasteiger partial charge is 0.370 e. The lowest BCUT2D eigenvalue weighted by Gasteiger charge is -2.22. The first kappa shape index (κ1) is 14.3. The Balaban J connectivity index is 2.40. The van der Waals surface area contributed by atoms with Crippen LogP contribution in [0.3, 0.4) is 0 Å². The summed E-state index contributed by atoms with van der Waals surface area (Å²) in [4.78, 5) is 15.1. The van der Waals surface area contributed by atoms with Crippen molar-refractivity contribution in [3.63, 3.8) is 0 Å². The van der Waals surface area contributed by atoms with Crippen molar-refractivity contribution in [2.75, 3.05) is 5.75 Å². The first-order valence-electron chi connectivity index (χ1n) is 5.40. The summed E-state index contributed by atoms with van der Waals surface area (Å²) in [5, 5.41) is 19.0. The van der Waals surface area contributed by atoms with Gasteiger partial charge in [-0.15, -0.1) is 0 Å². The lowest BCUT2D eigenvalue weighted by atomic mass is 9.98. The van der Waals surface area contributed by atoms with Crippen molar-refractivity contribution in [3.8, 4) is 6.07 Å². The van der Waals surface area contributed by atoms with Crippen LogP contribution in [0.5, 0.6) is 0 Å². The maximum atomic E-state index is 11.6. The maximum absolute atomic E-state index is 11.6. The highest BCUT2D eigenvalue weighted by Crippen LogP contribution is 2.39. The lowest BCUT2D eigenvalue weighted by Crippen LogP contribution is -2.47. The number of amidine groups is 1. The number of nitrogens with zero attached hydrogens (tertiary/aromatic N) is 2. The van der Waals surface area contributed by atoms with E-state index in [1.165, 1.54) is 0 Å². The number of amides is 1. The van der Waals surface area contributed by atoms with Gasteiger partial charge in [0.25, 0.3) is 0 Å².